The molecule has 1 saturated heterocycles. The zero-order valence-electron chi connectivity index (χ0n) is 12.9. The molecular weight excluding hydrogens is 314 g/mol. The van der Waals surface area contributed by atoms with Gasteiger partial charge in [-0.1, -0.05) is 29.8 Å². The number of rotatable bonds is 3. The highest BCUT2D eigenvalue weighted by Gasteiger charge is 2.56. The summed E-state index contributed by atoms with van der Waals surface area (Å²) in [7, 11) is 0. The molecule has 1 aromatic carbocycles. The molecule has 1 aliphatic heterocycles. The van der Waals surface area contributed by atoms with Crippen LogP contribution in [0.15, 0.2) is 24.3 Å². The lowest BCUT2D eigenvalue weighted by molar-refractivity contribution is -0.150. The molecule has 4 nitrogen and oxygen atoms in total. The molecule has 1 N–H and O–H groups in total. The smallest absolute Gasteiger partial charge is 0.307 e. The molecule has 0 bridgehead atoms. The first-order valence-corrected chi connectivity index (χ1v) is 8.71. The first-order valence-electron chi connectivity index (χ1n) is 8.34. The first kappa shape index (κ1) is 15.0. The second-order valence-corrected chi connectivity index (χ2v) is 7.46. The molecule has 23 heavy (non-hydrogen) atoms. The summed E-state index contributed by atoms with van der Waals surface area (Å²) in [5, 5.41) is 3.86. The number of benzene rings is 1. The molecule has 3 fully saturated rings. The topological polar surface area (TPSA) is 55.4 Å². The normalized spacial score (nSPS) is 27.0. The predicted octanol–water partition coefficient (Wildman–Crippen LogP) is 3.32. The van der Waals surface area contributed by atoms with Crippen LogP contribution in [0.25, 0.3) is 0 Å². The Morgan fingerprint density at radius 2 is 1.87 bits per heavy atom. The number of amides is 1. The Bertz CT molecular complexity index is 662. The minimum atomic E-state index is -0.558. The molecule has 1 atom stereocenters. The van der Waals surface area contributed by atoms with Gasteiger partial charge in [-0.15, -0.1) is 0 Å². The number of hydrogen-bond acceptors (Lipinski definition) is 3. The monoisotopic (exact) mass is 333 g/mol. The minimum absolute atomic E-state index is 0.0600. The maximum atomic E-state index is 12.9. The predicted molar refractivity (Wildman–Crippen MR) is 85.9 cm³/mol. The Balaban J connectivity index is 1.56. The molecule has 1 heterocycles. The van der Waals surface area contributed by atoms with Gasteiger partial charge >= 0.3 is 5.97 Å². The standard InChI is InChI=1S/C18H20ClNO3/c19-14-6-2-1-5-12(14)17(9-10-17)20-16(22)13-11-15(21)23-18(13)7-3-4-8-18/h1-2,5-6,13H,3-4,7-11H2,(H,20,22)/t13-/m0/s1. The number of carbonyl (C=O) groups is 2. The van der Waals surface area contributed by atoms with Crippen LogP contribution >= 0.6 is 11.6 Å². The SMILES string of the molecule is O=C1C[C@@H](C(=O)NC2(c3ccccc3Cl)CC2)C2(CCCC2)O1. The minimum Gasteiger partial charge on any atom is -0.458 e. The van der Waals surface area contributed by atoms with E-state index in [1.54, 1.807) is 0 Å². The van der Waals surface area contributed by atoms with Gasteiger partial charge in [-0.25, -0.2) is 0 Å². The third-order valence-corrected chi connectivity index (χ3v) is 5.92. The third kappa shape index (κ3) is 2.44. The van der Waals surface area contributed by atoms with Gasteiger partial charge in [0.1, 0.15) is 5.60 Å². The molecule has 122 valence electrons. The molecule has 2 saturated carbocycles. The molecule has 0 unspecified atom stereocenters. The van der Waals surface area contributed by atoms with Gasteiger partial charge in [-0.2, -0.15) is 0 Å². The van der Waals surface area contributed by atoms with Crippen LogP contribution in [0.3, 0.4) is 0 Å². The fraction of sp³-hybridized carbons (Fsp3) is 0.556. The first-order chi connectivity index (χ1) is 11.0. The van der Waals surface area contributed by atoms with Gasteiger partial charge in [-0.3, -0.25) is 9.59 Å². The van der Waals surface area contributed by atoms with Crippen molar-refractivity contribution in [2.24, 2.45) is 5.92 Å². The molecule has 5 heteroatoms. The van der Waals surface area contributed by atoms with Crippen molar-refractivity contribution in [1.29, 1.82) is 0 Å². The highest BCUT2D eigenvalue weighted by Crippen LogP contribution is 2.50. The van der Waals surface area contributed by atoms with Crippen molar-refractivity contribution in [2.75, 3.05) is 0 Å². The molecule has 0 aromatic heterocycles. The summed E-state index contributed by atoms with van der Waals surface area (Å²) in [6, 6.07) is 7.65. The number of esters is 1. The van der Waals surface area contributed by atoms with E-state index in [1.165, 1.54) is 0 Å². The van der Waals surface area contributed by atoms with E-state index in [0.29, 0.717) is 5.02 Å². The maximum absolute atomic E-state index is 12.9. The molecule has 1 aromatic rings. The average Bonchev–Trinajstić information content (AvgIpc) is 3.01. The number of hydrogen-bond donors (Lipinski definition) is 1. The van der Waals surface area contributed by atoms with Crippen molar-refractivity contribution in [3.05, 3.63) is 34.9 Å². The van der Waals surface area contributed by atoms with Gasteiger partial charge in [0.05, 0.1) is 17.9 Å². The van der Waals surface area contributed by atoms with Gasteiger partial charge in [0, 0.05) is 5.02 Å². The number of ether oxygens (including phenoxy) is 1. The lowest BCUT2D eigenvalue weighted by atomic mass is 9.84. The van der Waals surface area contributed by atoms with Gasteiger partial charge in [0.15, 0.2) is 0 Å². The average molecular weight is 334 g/mol. The van der Waals surface area contributed by atoms with Crippen LogP contribution in [0.1, 0.15) is 50.5 Å². The van der Waals surface area contributed by atoms with Crippen molar-refractivity contribution >= 4 is 23.5 Å². The molecule has 1 amide bonds. The zero-order chi connectivity index (χ0) is 16.1. The van der Waals surface area contributed by atoms with Crippen LogP contribution in [0.2, 0.25) is 5.02 Å². The second-order valence-electron chi connectivity index (χ2n) is 7.05. The molecule has 2 aliphatic carbocycles. The highest BCUT2D eigenvalue weighted by atomic mass is 35.5. The van der Waals surface area contributed by atoms with Gasteiger partial charge < -0.3 is 10.1 Å². The van der Waals surface area contributed by atoms with E-state index < -0.39 is 5.60 Å². The number of halogens is 1. The maximum Gasteiger partial charge on any atom is 0.307 e. The summed E-state index contributed by atoms with van der Waals surface area (Å²) in [5.41, 5.74) is 0.0548. The lowest BCUT2D eigenvalue weighted by Gasteiger charge is -2.30. The Kier molecular flexibility index (Phi) is 3.41. The fourth-order valence-electron chi connectivity index (χ4n) is 4.21. The van der Waals surface area contributed by atoms with Gasteiger partial charge in [0.25, 0.3) is 0 Å². The molecule has 0 radical (unpaired) electrons. The Morgan fingerprint density at radius 3 is 2.52 bits per heavy atom. The summed E-state index contributed by atoms with van der Waals surface area (Å²) in [6.07, 6.45) is 5.61. The van der Waals surface area contributed by atoms with E-state index in [4.69, 9.17) is 16.3 Å². The van der Waals surface area contributed by atoms with E-state index >= 15 is 0 Å². The van der Waals surface area contributed by atoms with E-state index in [-0.39, 0.29) is 29.8 Å². The summed E-state index contributed by atoms with van der Waals surface area (Å²) in [5.74, 6) is -0.665. The third-order valence-electron chi connectivity index (χ3n) is 5.59. The van der Waals surface area contributed by atoms with Crippen LogP contribution in [-0.2, 0) is 19.9 Å². The van der Waals surface area contributed by atoms with Gasteiger partial charge in [0.2, 0.25) is 5.91 Å². The van der Waals surface area contributed by atoms with Crippen molar-refractivity contribution in [2.45, 2.75) is 56.1 Å². The van der Waals surface area contributed by atoms with Crippen LogP contribution < -0.4 is 5.32 Å². The van der Waals surface area contributed by atoms with Crippen molar-refractivity contribution < 1.29 is 14.3 Å². The Morgan fingerprint density at radius 1 is 1.17 bits per heavy atom. The molecule has 1 spiro atoms. The Hall–Kier alpha value is -1.55. The van der Waals surface area contributed by atoms with Crippen molar-refractivity contribution in [3.8, 4) is 0 Å². The Labute approximate surface area is 140 Å². The second kappa shape index (κ2) is 5.23. The van der Waals surface area contributed by atoms with Crippen molar-refractivity contribution in [3.63, 3.8) is 0 Å². The zero-order valence-corrected chi connectivity index (χ0v) is 13.7. The van der Waals surface area contributed by atoms with E-state index in [2.05, 4.69) is 5.32 Å². The molecular formula is C18H20ClNO3. The number of nitrogens with one attached hydrogen (secondary N) is 1. The highest BCUT2D eigenvalue weighted by molar-refractivity contribution is 6.31. The van der Waals surface area contributed by atoms with E-state index in [9.17, 15) is 9.59 Å². The molecule has 3 aliphatic rings. The summed E-state index contributed by atoms with van der Waals surface area (Å²) in [6.45, 7) is 0. The summed E-state index contributed by atoms with van der Waals surface area (Å²) >= 11 is 6.31. The quantitative estimate of drug-likeness (QED) is 0.863. The van der Waals surface area contributed by atoms with Crippen molar-refractivity contribution in [1.82, 2.24) is 5.32 Å². The summed E-state index contributed by atoms with van der Waals surface area (Å²) < 4.78 is 5.58. The molecule has 4 rings (SSSR count). The number of carbonyl (C=O) groups excluding carboxylic acids is 2. The summed E-state index contributed by atoms with van der Waals surface area (Å²) in [4.78, 5) is 24.7. The van der Waals surface area contributed by atoms with Gasteiger partial charge in [-0.05, 0) is 50.2 Å². The fourth-order valence-corrected chi connectivity index (χ4v) is 4.52. The van der Waals surface area contributed by atoms with E-state index in [1.807, 2.05) is 24.3 Å². The van der Waals surface area contributed by atoms with Crippen LogP contribution in [0.4, 0.5) is 0 Å². The van der Waals surface area contributed by atoms with E-state index in [0.717, 1.165) is 44.1 Å². The van der Waals surface area contributed by atoms with Crippen LogP contribution in [0.5, 0.6) is 0 Å². The largest absolute Gasteiger partial charge is 0.458 e. The lowest BCUT2D eigenvalue weighted by Crippen LogP contribution is -2.46. The van der Waals surface area contributed by atoms with Crippen LogP contribution in [-0.4, -0.2) is 17.5 Å². The van der Waals surface area contributed by atoms with Crippen LogP contribution in [0, 0.1) is 5.92 Å².